The van der Waals surface area contributed by atoms with E-state index in [0.717, 1.165) is 0 Å². The SMILES string of the molecule is CC(NOc1cc(Br)cnc1N)c1c(Cl)ccc(F)c1Cl. The number of halogens is 4. The Hall–Kier alpha value is -1.08. The molecule has 1 unspecified atom stereocenters. The standard InChI is InChI=1S/C13H11BrCl2FN3O/c1-6(11-8(15)2-3-9(17)12(11)16)20-21-10-4-7(14)5-19-13(10)18/h2-6,20H,1H3,(H2,18,19). The molecule has 0 saturated heterocycles. The van der Waals surface area contributed by atoms with Crippen LogP contribution in [0.3, 0.4) is 0 Å². The van der Waals surface area contributed by atoms with Crippen LogP contribution < -0.4 is 16.1 Å². The third kappa shape index (κ3) is 3.77. The summed E-state index contributed by atoms with van der Waals surface area (Å²) in [6, 6.07) is 3.83. The number of aromatic nitrogens is 1. The normalized spacial score (nSPS) is 12.2. The number of rotatable bonds is 4. The van der Waals surface area contributed by atoms with Gasteiger partial charge < -0.3 is 10.6 Å². The van der Waals surface area contributed by atoms with Gasteiger partial charge in [-0.1, -0.05) is 23.2 Å². The van der Waals surface area contributed by atoms with E-state index in [1.807, 2.05) is 0 Å². The van der Waals surface area contributed by atoms with Crippen LogP contribution in [0.25, 0.3) is 0 Å². The first-order chi connectivity index (χ1) is 9.90. The molecule has 112 valence electrons. The number of nitrogen functional groups attached to an aromatic ring is 1. The molecule has 0 aliphatic rings. The van der Waals surface area contributed by atoms with E-state index in [4.69, 9.17) is 33.8 Å². The van der Waals surface area contributed by atoms with E-state index in [-0.39, 0.29) is 10.8 Å². The molecule has 0 saturated carbocycles. The highest BCUT2D eigenvalue weighted by atomic mass is 79.9. The second kappa shape index (κ2) is 6.79. The van der Waals surface area contributed by atoms with Crippen LogP contribution in [0.1, 0.15) is 18.5 Å². The van der Waals surface area contributed by atoms with Crippen LogP contribution in [0.5, 0.6) is 5.75 Å². The number of nitrogens with two attached hydrogens (primary N) is 1. The van der Waals surface area contributed by atoms with Gasteiger partial charge in [-0.3, -0.25) is 0 Å². The van der Waals surface area contributed by atoms with Crippen molar-refractivity contribution in [3.05, 3.63) is 50.3 Å². The van der Waals surface area contributed by atoms with Crippen LogP contribution in [0.15, 0.2) is 28.9 Å². The van der Waals surface area contributed by atoms with Crippen LogP contribution in [0.2, 0.25) is 10.0 Å². The Morgan fingerprint density at radius 2 is 2.14 bits per heavy atom. The van der Waals surface area contributed by atoms with Crippen molar-refractivity contribution in [2.24, 2.45) is 0 Å². The highest BCUT2D eigenvalue weighted by Crippen LogP contribution is 2.32. The molecule has 3 N–H and O–H groups in total. The average Bonchev–Trinajstić information content (AvgIpc) is 2.44. The molecule has 2 aromatic rings. The van der Waals surface area contributed by atoms with Crippen LogP contribution in [-0.2, 0) is 0 Å². The summed E-state index contributed by atoms with van der Waals surface area (Å²) in [4.78, 5) is 9.31. The van der Waals surface area contributed by atoms with Crippen molar-refractivity contribution in [2.45, 2.75) is 13.0 Å². The molecule has 1 aromatic heterocycles. The van der Waals surface area contributed by atoms with Gasteiger partial charge in [-0.2, -0.15) is 0 Å². The topological polar surface area (TPSA) is 60.2 Å². The Bertz CT molecular complexity index is 672. The lowest BCUT2D eigenvalue weighted by atomic mass is 10.1. The van der Waals surface area contributed by atoms with Gasteiger partial charge in [0, 0.05) is 27.3 Å². The van der Waals surface area contributed by atoms with E-state index in [1.54, 1.807) is 19.2 Å². The van der Waals surface area contributed by atoms with Crippen molar-refractivity contribution >= 4 is 44.9 Å². The zero-order chi connectivity index (χ0) is 15.6. The third-order valence-corrected chi connectivity index (χ3v) is 3.85. The Morgan fingerprint density at radius 1 is 1.43 bits per heavy atom. The summed E-state index contributed by atoms with van der Waals surface area (Å²) in [6.45, 7) is 1.73. The second-order valence-electron chi connectivity index (χ2n) is 4.24. The minimum absolute atomic E-state index is 0.0496. The van der Waals surface area contributed by atoms with Gasteiger partial charge >= 0.3 is 0 Å². The smallest absolute Gasteiger partial charge is 0.190 e. The molecular formula is C13H11BrCl2FN3O. The van der Waals surface area contributed by atoms with Crippen LogP contribution in [-0.4, -0.2) is 4.98 Å². The molecule has 0 aliphatic heterocycles. The maximum absolute atomic E-state index is 13.5. The average molecular weight is 395 g/mol. The van der Waals surface area contributed by atoms with Crippen molar-refractivity contribution in [1.29, 1.82) is 0 Å². The first-order valence-electron chi connectivity index (χ1n) is 5.87. The Labute approximate surface area is 139 Å². The molecule has 1 atom stereocenters. The zero-order valence-corrected chi connectivity index (χ0v) is 13.9. The number of anilines is 1. The molecular weight excluding hydrogens is 384 g/mol. The Morgan fingerprint density at radius 3 is 2.86 bits per heavy atom. The van der Waals surface area contributed by atoms with Crippen molar-refractivity contribution < 1.29 is 9.23 Å². The van der Waals surface area contributed by atoms with Crippen LogP contribution in [0, 0.1) is 5.82 Å². The molecule has 0 bridgehead atoms. The molecule has 1 aromatic carbocycles. The largest absolute Gasteiger partial charge is 0.404 e. The number of nitrogens with zero attached hydrogens (tertiary/aromatic N) is 1. The first kappa shape index (κ1) is 16.3. The van der Waals surface area contributed by atoms with Gasteiger partial charge in [-0.15, -0.1) is 5.48 Å². The maximum atomic E-state index is 13.5. The predicted octanol–water partition coefficient (Wildman–Crippen LogP) is 4.52. The van der Waals surface area contributed by atoms with E-state index in [2.05, 4.69) is 26.4 Å². The van der Waals surface area contributed by atoms with Crippen molar-refractivity contribution in [2.75, 3.05) is 5.73 Å². The number of hydroxylamine groups is 1. The number of pyridine rings is 1. The zero-order valence-electron chi connectivity index (χ0n) is 10.8. The molecule has 21 heavy (non-hydrogen) atoms. The van der Waals surface area contributed by atoms with Gasteiger partial charge in [0.15, 0.2) is 11.6 Å². The molecule has 4 nitrogen and oxygen atoms in total. The van der Waals surface area contributed by atoms with E-state index in [1.165, 1.54) is 12.1 Å². The summed E-state index contributed by atoms with van der Waals surface area (Å²) < 4.78 is 14.2. The van der Waals surface area contributed by atoms with Crippen molar-refractivity contribution in [3.63, 3.8) is 0 Å². The highest BCUT2D eigenvalue weighted by molar-refractivity contribution is 9.10. The summed E-state index contributed by atoms with van der Waals surface area (Å²) in [5.74, 6) is 0.00237. The van der Waals surface area contributed by atoms with Crippen LogP contribution >= 0.6 is 39.1 Å². The molecule has 0 aliphatic carbocycles. The second-order valence-corrected chi connectivity index (χ2v) is 5.94. The molecule has 2 rings (SSSR count). The third-order valence-electron chi connectivity index (χ3n) is 2.71. The molecule has 0 amide bonds. The number of hydrogen-bond acceptors (Lipinski definition) is 4. The fraction of sp³-hybridized carbons (Fsp3) is 0.154. The number of hydrogen-bond donors (Lipinski definition) is 2. The van der Waals surface area contributed by atoms with Gasteiger partial charge in [-0.05, 0) is 35.0 Å². The van der Waals surface area contributed by atoms with Gasteiger partial charge in [0.25, 0.3) is 0 Å². The van der Waals surface area contributed by atoms with Crippen molar-refractivity contribution in [1.82, 2.24) is 10.5 Å². The lowest BCUT2D eigenvalue weighted by molar-refractivity contribution is 0.163. The number of nitrogens with one attached hydrogen (secondary N) is 1. The van der Waals surface area contributed by atoms with Crippen molar-refractivity contribution in [3.8, 4) is 5.75 Å². The first-order valence-corrected chi connectivity index (χ1v) is 7.41. The van der Waals surface area contributed by atoms with Crippen LogP contribution in [0.4, 0.5) is 10.2 Å². The summed E-state index contributed by atoms with van der Waals surface area (Å²) >= 11 is 15.2. The van der Waals surface area contributed by atoms with Gasteiger partial charge in [0.05, 0.1) is 11.1 Å². The van der Waals surface area contributed by atoms with E-state index in [9.17, 15) is 4.39 Å². The minimum atomic E-state index is -0.548. The highest BCUT2D eigenvalue weighted by Gasteiger charge is 2.18. The van der Waals surface area contributed by atoms with E-state index < -0.39 is 11.9 Å². The summed E-state index contributed by atoms with van der Waals surface area (Å²) in [6.07, 6.45) is 1.55. The van der Waals surface area contributed by atoms with E-state index >= 15 is 0 Å². The summed E-state index contributed by atoms with van der Waals surface area (Å²) in [7, 11) is 0. The summed E-state index contributed by atoms with van der Waals surface area (Å²) in [5, 5.41) is 0.289. The molecule has 0 radical (unpaired) electrons. The summed E-state index contributed by atoms with van der Waals surface area (Å²) in [5.41, 5.74) is 8.81. The fourth-order valence-electron chi connectivity index (χ4n) is 1.66. The molecule has 1 heterocycles. The quantitative estimate of drug-likeness (QED) is 0.591. The minimum Gasteiger partial charge on any atom is -0.404 e. The lowest BCUT2D eigenvalue weighted by Crippen LogP contribution is -2.24. The van der Waals surface area contributed by atoms with E-state index in [0.29, 0.717) is 20.8 Å². The predicted molar refractivity (Wildman–Crippen MR) is 84.9 cm³/mol. The maximum Gasteiger partial charge on any atom is 0.190 e. The molecule has 0 spiro atoms. The molecule has 0 fully saturated rings. The van der Waals surface area contributed by atoms with Gasteiger partial charge in [0.1, 0.15) is 5.82 Å². The Kier molecular flexibility index (Phi) is 5.27. The number of benzene rings is 1. The molecule has 8 heteroatoms. The lowest BCUT2D eigenvalue weighted by Gasteiger charge is -2.18. The fourth-order valence-corrected chi connectivity index (χ4v) is 2.67. The van der Waals surface area contributed by atoms with Gasteiger partial charge in [-0.25, -0.2) is 9.37 Å². The van der Waals surface area contributed by atoms with Gasteiger partial charge in [0.2, 0.25) is 0 Å². The Balaban J connectivity index is 2.17. The monoisotopic (exact) mass is 393 g/mol.